The van der Waals surface area contributed by atoms with Crippen LogP contribution in [0.3, 0.4) is 0 Å². The number of thiophene rings is 1. The molecule has 0 aromatic carbocycles. The normalized spacial score (nSPS) is 18.3. The van der Waals surface area contributed by atoms with E-state index in [4.69, 9.17) is 5.11 Å². The molecule has 20 heavy (non-hydrogen) atoms. The predicted molar refractivity (Wildman–Crippen MR) is 75.4 cm³/mol. The van der Waals surface area contributed by atoms with Gasteiger partial charge in [-0.15, -0.1) is 16.2 Å². The Hall–Kier alpha value is -1.00. The van der Waals surface area contributed by atoms with Crippen LogP contribution in [0.4, 0.5) is 0 Å². The average Bonchev–Trinajstić information content (AvgIpc) is 2.75. The summed E-state index contributed by atoms with van der Waals surface area (Å²) < 4.78 is 24.5. The van der Waals surface area contributed by atoms with E-state index in [1.165, 1.54) is 6.07 Å². The fourth-order valence-electron chi connectivity index (χ4n) is 1.91. The molecule has 7 nitrogen and oxygen atoms in total. The van der Waals surface area contributed by atoms with Gasteiger partial charge in [-0.1, -0.05) is 0 Å². The van der Waals surface area contributed by atoms with Crippen molar-refractivity contribution in [2.45, 2.75) is 11.1 Å². The fourth-order valence-corrected chi connectivity index (χ4v) is 4.40. The monoisotopic (exact) mass is 319 g/mol. The van der Waals surface area contributed by atoms with Gasteiger partial charge in [-0.3, -0.25) is 0 Å². The number of rotatable bonds is 4. The molecule has 2 rings (SSSR count). The molecule has 2 N–H and O–H groups in total. The number of likely N-dealkylation sites (N-methyl/N-ethyl adjacent to an activating group) is 1. The van der Waals surface area contributed by atoms with Crippen molar-refractivity contribution in [2.75, 3.05) is 33.2 Å². The predicted octanol–water partition coefficient (Wildman–Crippen LogP) is 0.195. The van der Waals surface area contributed by atoms with E-state index in [1.54, 1.807) is 11.9 Å². The number of piperazine rings is 1. The summed E-state index contributed by atoms with van der Waals surface area (Å²) in [5.74, 6) is -1.10. The maximum atomic E-state index is 12.2. The zero-order valence-corrected chi connectivity index (χ0v) is 12.9. The number of carboxylic acid groups (broad SMARTS) is 1. The minimum absolute atomic E-state index is 0.0336. The quantitative estimate of drug-likeness (QED) is 0.824. The van der Waals surface area contributed by atoms with Gasteiger partial charge < -0.3 is 10.0 Å². The Bertz CT molecular complexity index is 603. The molecule has 1 fully saturated rings. The van der Waals surface area contributed by atoms with Gasteiger partial charge >= 0.3 is 5.97 Å². The van der Waals surface area contributed by atoms with Crippen LogP contribution in [0.15, 0.2) is 10.3 Å². The SMILES string of the molecule is Cc1cc(S(=O)(=O)NN2CCN(C)CC2)sc1C(=O)O. The number of aromatic carboxylic acids is 1. The third-order valence-corrected chi connectivity index (χ3v) is 6.18. The van der Waals surface area contributed by atoms with E-state index in [2.05, 4.69) is 9.73 Å². The second-order valence-electron chi connectivity index (χ2n) is 4.77. The molecule has 0 amide bonds. The maximum absolute atomic E-state index is 12.2. The Labute approximate surface area is 121 Å². The lowest BCUT2D eigenvalue weighted by Crippen LogP contribution is -2.52. The van der Waals surface area contributed by atoms with Gasteiger partial charge in [-0.05, 0) is 25.6 Å². The van der Waals surface area contributed by atoms with Crippen LogP contribution < -0.4 is 4.83 Å². The standard InChI is InChI=1S/C11H17N3O4S2/c1-8-7-9(19-10(8)11(15)16)20(17,18)12-14-5-3-13(2)4-6-14/h7,12H,3-6H2,1-2H3,(H,15,16). The van der Waals surface area contributed by atoms with Gasteiger partial charge in [0, 0.05) is 26.2 Å². The molecule has 1 aliphatic heterocycles. The van der Waals surface area contributed by atoms with Crippen molar-refractivity contribution in [1.82, 2.24) is 14.7 Å². The Kier molecular flexibility index (Phi) is 4.45. The number of carbonyl (C=O) groups is 1. The van der Waals surface area contributed by atoms with Crippen molar-refractivity contribution in [3.05, 3.63) is 16.5 Å². The number of carboxylic acids is 1. The van der Waals surface area contributed by atoms with E-state index >= 15 is 0 Å². The van der Waals surface area contributed by atoms with Crippen LogP contribution in [-0.4, -0.2) is 62.6 Å². The molecule has 0 radical (unpaired) electrons. The third kappa shape index (κ3) is 3.36. The highest BCUT2D eigenvalue weighted by Gasteiger charge is 2.25. The second kappa shape index (κ2) is 5.78. The number of sulfonamides is 1. The summed E-state index contributed by atoms with van der Waals surface area (Å²) in [6, 6.07) is 1.40. The molecule has 1 aliphatic rings. The molecule has 0 atom stereocenters. The van der Waals surface area contributed by atoms with Crippen LogP contribution in [0.1, 0.15) is 15.2 Å². The van der Waals surface area contributed by atoms with Crippen molar-refractivity contribution in [2.24, 2.45) is 0 Å². The van der Waals surface area contributed by atoms with Crippen molar-refractivity contribution < 1.29 is 18.3 Å². The second-order valence-corrected chi connectivity index (χ2v) is 7.71. The van der Waals surface area contributed by atoms with Crippen LogP contribution >= 0.6 is 11.3 Å². The minimum Gasteiger partial charge on any atom is -0.477 e. The van der Waals surface area contributed by atoms with Gasteiger partial charge in [0.1, 0.15) is 9.09 Å². The summed E-state index contributed by atoms with van der Waals surface area (Å²) in [6.07, 6.45) is 0. The number of hydrogen-bond donors (Lipinski definition) is 2. The largest absolute Gasteiger partial charge is 0.477 e. The topological polar surface area (TPSA) is 90.0 Å². The van der Waals surface area contributed by atoms with Crippen LogP contribution in [0, 0.1) is 6.92 Å². The molecule has 112 valence electrons. The van der Waals surface area contributed by atoms with Crippen molar-refractivity contribution in [3.63, 3.8) is 0 Å². The summed E-state index contributed by atoms with van der Waals surface area (Å²) >= 11 is 0.777. The van der Waals surface area contributed by atoms with E-state index in [0.717, 1.165) is 24.4 Å². The van der Waals surface area contributed by atoms with Gasteiger partial charge in [0.05, 0.1) is 0 Å². The van der Waals surface area contributed by atoms with E-state index < -0.39 is 16.0 Å². The molecular weight excluding hydrogens is 302 g/mol. The first-order valence-electron chi connectivity index (χ1n) is 6.09. The molecule has 1 aromatic heterocycles. The third-order valence-electron chi connectivity index (χ3n) is 3.11. The van der Waals surface area contributed by atoms with Crippen LogP contribution in [0.2, 0.25) is 0 Å². The molecule has 0 unspecified atom stereocenters. The van der Waals surface area contributed by atoms with E-state index in [1.807, 2.05) is 7.05 Å². The highest BCUT2D eigenvalue weighted by atomic mass is 32.2. The summed E-state index contributed by atoms with van der Waals surface area (Å²) in [6.45, 7) is 4.37. The summed E-state index contributed by atoms with van der Waals surface area (Å²) in [5.41, 5.74) is 0.459. The van der Waals surface area contributed by atoms with Gasteiger partial charge in [-0.25, -0.2) is 18.2 Å². The smallest absolute Gasteiger partial charge is 0.346 e. The summed E-state index contributed by atoms with van der Waals surface area (Å²) in [7, 11) is -1.72. The Morgan fingerprint density at radius 2 is 1.95 bits per heavy atom. The summed E-state index contributed by atoms with van der Waals surface area (Å²) in [5, 5.41) is 10.6. The van der Waals surface area contributed by atoms with Crippen molar-refractivity contribution >= 4 is 27.3 Å². The molecule has 0 bridgehead atoms. The molecule has 0 saturated carbocycles. The number of hydrogen-bond acceptors (Lipinski definition) is 6. The van der Waals surface area contributed by atoms with E-state index in [9.17, 15) is 13.2 Å². The molecule has 2 heterocycles. The lowest BCUT2D eigenvalue weighted by atomic mass is 10.3. The van der Waals surface area contributed by atoms with Crippen molar-refractivity contribution in [1.29, 1.82) is 0 Å². The van der Waals surface area contributed by atoms with Gasteiger partial charge in [-0.2, -0.15) is 0 Å². The Balaban J connectivity index is 2.14. The number of nitrogens with one attached hydrogen (secondary N) is 1. The fraction of sp³-hybridized carbons (Fsp3) is 0.545. The van der Waals surface area contributed by atoms with Crippen LogP contribution in [0.5, 0.6) is 0 Å². The van der Waals surface area contributed by atoms with Gasteiger partial charge in [0.2, 0.25) is 0 Å². The first kappa shape index (κ1) is 15.4. The Morgan fingerprint density at radius 3 is 2.45 bits per heavy atom. The highest BCUT2D eigenvalue weighted by molar-refractivity contribution is 7.91. The van der Waals surface area contributed by atoms with E-state index in [0.29, 0.717) is 18.7 Å². The summed E-state index contributed by atoms with van der Waals surface area (Å²) in [4.78, 5) is 15.6. The van der Waals surface area contributed by atoms with Gasteiger partial charge in [0.25, 0.3) is 10.0 Å². The Morgan fingerprint density at radius 1 is 1.35 bits per heavy atom. The van der Waals surface area contributed by atoms with Crippen LogP contribution in [-0.2, 0) is 10.0 Å². The zero-order chi connectivity index (χ0) is 14.9. The molecule has 1 saturated heterocycles. The van der Waals surface area contributed by atoms with E-state index in [-0.39, 0.29) is 9.09 Å². The lowest BCUT2D eigenvalue weighted by molar-refractivity contribution is 0.0701. The maximum Gasteiger partial charge on any atom is 0.346 e. The lowest BCUT2D eigenvalue weighted by Gasteiger charge is -2.31. The highest BCUT2D eigenvalue weighted by Crippen LogP contribution is 2.26. The number of hydrazine groups is 1. The number of nitrogens with zero attached hydrogens (tertiary/aromatic N) is 2. The van der Waals surface area contributed by atoms with Crippen LogP contribution in [0.25, 0.3) is 0 Å². The molecular formula is C11H17N3O4S2. The van der Waals surface area contributed by atoms with Crippen molar-refractivity contribution in [3.8, 4) is 0 Å². The average molecular weight is 319 g/mol. The molecule has 1 aromatic rings. The number of aryl methyl sites for hydroxylation is 1. The first-order chi connectivity index (χ1) is 9.29. The molecule has 0 spiro atoms. The molecule has 9 heteroatoms. The zero-order valence-electron chi connectivity index (χ0n) is 11.3. The van der Waals surface area contributed by atoms with Gasteiger partial charge in [0.15, 0.2) is 0 Å². The first-order valence-corrected chi connectivity index (χ1v) is 8.39. The minimum atomic E-state index is -3.70. The molecule has 0 aliphatic carbocycles.